The fraction of sp³-hybridized carbons (Fsp3) is 0.769. The summed E-state index contributed by atoms with van der Waals surface area (Å²) in [5.41, 5.74) is 0.699. The third-order valence-electron chi connectivity index (χ3n) is 3.44. The molecule has 2 rings (SSSR count). The summed E-state index contributed by atoms with van der Waals surface area (Å²) < 4.78 is 0. The van der Waals surface area contributed by atoms with Crippen LogP contribution in [-0.2, 0) is 11.8 Å². The number of rotatable bonds is 2. The van der Waals surface area contributed by atoms with Crippen LogP contribution in [0, 0.1) is 0 Å². The van der Waals surface area contributed by atoms with E-state index in [1.807, 2.05) is 11.8 Å². The van der Waals surface area contributed by atoms with E-state index in [-0.39, 0.29) is 5.41 Å². The lowest BCUT2D eigenvalue weighted by Gasteiger charge is -2.25. The van der Waals surface area contributed by atoms with Gasteiger partial charge >= 0.3 is 0 Å². The Morgan fingerprint density at radius 2 is 2.24 bits per heavy atom. The van der Waals surface area contributed by atoms with Gasteiger partial charge in [-0.15, -0.1) is 11.3 Å². The third kappa shape index (κ3) is 2.85. The molecule has 2 heterocycles. The average Bonchev–Trinajstić information content (AvgIpc) is 2.75. The standard InChI is InChI=1S/C13H21NOS2/c1-9-13(15,5-6-16-9)7-11-14-10(8-17-11)12(2,3)4/h8-9,15H,5-7H2,1-4H3. The molecule has 0 aliphatic carbocycles. The highest BCUT2D eigenvalue weighted by Crippen LogP contribution is 2.38. The molecule has 1 fully saturated rings. The van der Waals surface area contributed by atoms with Crippen LogP contribution in [0.4, 0.5) is 0 Å². The molecule has 4 heteroatoms. The molecule has 1 aliphatic rings. The molecular weight excluding hydrogens is 250 g/mol. The van der Waals surface area contributed by atoms with Crippen LogP contribution in [0.3, 0.4) is 0 Å². The van der Waals surface area contributed by atoms with Crippen LogP contribution in [0.2, 0.25) is 0 Å². The van der Waals surface area contributed by atoms with Gasteiger partial charge in [0.15, 0.2) is 0 Å². The number of hydrogen-bond acceptors (Lipinski definition) is 4. The predicted octanol–water partition coefficient (Wildman–Crippen LogP) is 3.24. The van der Waals surface area contributed by atoms with E-state index < -0.39 is 5.60 Å². The lowest BCUT2D eigenvalue weighted by molar-refractivity contribution is 0.0463. The topological polar surface area (TPSA) is 33.1 Å². The van der Waals surface area contributed by atoms with Crippen molar-refractivity contribution >= 4 is 23.1 Å². The molecule has 0 radical (unpaired) electrons. The predicted molar refractivity (Wildman–Crippen MR) is 76.0 cm³/mol. The quantitative estimate of drug-likeness (QED) is 0.896. The van der Waals surface area contributed by atoms with E-state index in [9.17, 15) is 5.11 Å². The maximum atomic E-state index is 10.6. The Morgan fingerprint density at radius 3 is 2.71 bits per heavy atom. The zero-order chi connectivity index (χ0) is 12.7. The summed E-state index contributed by atoms with van der Waals surface area (Å²) in [5.74, 6) is 1.06. The molecule has 2 atom stereocenters. The first-order valence-corrected chi connectivity index (χ1v) is 8.03. The van der Waals surface area contributed by atoms with Gasteiger partial charge in [-0.3, -0.25) is 0 Å². The van der Waals surface area contributed by atoms with Gasteiger partial charge < -0.3 is 5.11 Å². The highest BCUT2D eigenvalue weighted by molar-refractivity contribution is 8.00. The molecule has 17 heavy (non-hydrogen) atoms. The summed E-state index contributed by atoms with van der Waals surface area (Å²) in [6.07, 6.45) is 1.60. The van der Waals surface area contributed by atoms with Crippen molar-refractivity contribution in [3.63, 3.8) is 0 Å². The average molecular weight is 271 g/mol. The van der Waals surface area contributed by atoms with Crippen LogP contribution in [0.15, 0.2) is 5.38 Å². The summed E-state index contributed by atoms with van der Waals surface area (Å²) in [6, 6.07) is 0. The highest BCUT2D eigenvalue weighted by Gasteiger charge is 2.39. The molecule has 2 nitrogen and oxygen atoms in total. The first kappa shape index (κ1) is 13.4. The van der Waals surface area contributed by atoms with Gasteiger partial charge in [0.2, 0.25) is 0 Å². The number of aliphatic hydroxyl groups is 1. The van der Waals surface area contributed by atoms with Crippen molar-refractivity contribution in [3.05, 3.63) is 16.1 Å². The highest BCUT2D eigenvalue weighted by atomic mass is 32.2. The van der Waals surface area contributed by atoms with Crippen molar-refractivity contribution < 1.29 is 5.11 Å². The molecule has 0 amide bonds. The summed E-state index contributed by atoms with van der Waals surface area (Å²) in [7, 11) is 0. The minimum Gasteiger partial charge on any atom is -0.388 e. The van der Waals surface area contributed by atoms with Crippen molar-refractivity contribution in [2.75, 3.05) is 5.75 Å². The minimum atomic E-state index is -0.544. The van der Waals surface area contributed by atoms with Crippen LogP contribution in [0.25, 0.3) is 0 Å². The fourth-order valence-corrected chi connectivity index (χ4v) is 4.48. The smallest absolute Gasteiger partial charge is 0.0957 e. The second kappa shape index (κ2) is 4.56. The molecule has 1 N–H and O–H groups in total. The molecule has 0 spiro atoms. The molecule has 0 aromatic carbocycles. The Labute approximate surface area is 112 Å². The molecule has 0 saturated carbocycles. The van der Waals surface area contributed by atoms with Crippen molar-refractivity contribution in [3.8, 4) is 0 Å². The van der Waals surface area contributed by atoms with Gasteiger partial charge in [-0.1, -0.05) is 27.7 Å². The lowest BCUT2D eigenvalue weighted by Crippen LogP contribution is -2.36. The second-order valence-electron chi connectivity index (χ2n) is 5.92. The first-order chi connectivity index (χ1) is 7.81. The largest absolute Gasteiger partial charge is 0.388 e. The lowest BCUT2D eigenvalue weighted by atomic mass is 9.92. The maximum Gasteiger partial charge on any atom is 0.0957 e. The third-order valence-corrected chi connectivity index (χ3v) is 5.66. The summed E-state index contributed by atoms with van der Waals surface area (Å²) in [4.78, 5) is 4.67. The Bertz CT molecular complexity index is 396. The zero-order valence-electron chi connectivity index (χ0n) is 11.0. The minimum absolute atomic E-state index is 0.105. The molecule has 2 unspecified atom stereocenters. The molecule has 0 bridgehead atoms. The van der Waals surface area contributed by atoms with Gasteiger partial charge in [-0.2, -0.15) is 11.8 Å². The van der Waals surface area contributed by atoms with E-state index in [4.69, 9.17) is 0 Å². The molecule has 1 aromatic rings. The monoisotopic (exact) mass is 271 g/mol. The molecule has 96 valence electrons. The number of nitrogens with zero attached hydrogens (tertiary/aromatic N) is 1. The molecule has 1 aromatic heterocycles. The number of aromatic nitrogens is 1. The Morgan fingerprint density at radius 1 is 1.53 bits per heavy atom. The van der Waals surface area contributed by atoms with Crippen molar-refractivity contribution in [2.45, 2.75) is 56.8 Å². The van der Waals surface area contributed by atoms with Crippen molar-refractivity contribution in [2.24, 2.45) is 0 Å². The number of hydrogen-bond donors (Lipinski definition) is 1. The fourth-order valence-electron chi connectivity index (χ4n) is 2.00. The van der Waals surface area contributed by atoms with Crippen LogP contribution in [-0.4, -0.2) is 26.7 Å². The van der Waals surface area contributed by atoms with Crippen LogP contribution >= 0.6 is 23.1 Å². The van der Waals surface area contributed by atoms with Gasteiger partial charge in [0, 0.05) is 22.5 Å². The maximum absolute atomic E-state index is 10.6. The van der Waals surface area contributed by atoms with Gasteiger partial charge in [0.1, 0.15) is 0 Å². The van der Waals surface area contributed by atoms with Crippen LogP contribution in [0.1, 0.15) is 44.8 Å². The van der Waals surface area contributed by atoms with Gasteiger partial charge in [-0.05, 0) is 12.2 Å². The Hall–Kier alpha value is -0.0600. The second-order valence-corrected chi connectivity index (χ2v) is 8.31. The Balaban J connectivity index is 2.12. The SMILES string of the molecule is CC1SCCC1(O)Cc1nc(C(C)(C)C)cs1. The van der Waals surface area contributed by atoms with E-state index in [1.165, 1.54) is 0 Å². The molecule has 1 saturated heterocycles. The normalized spacial score (nSPS) is 29.8. The van der Waals surface area contributed by atoms with Gasteiger partial charge in [-0.25, -0.2) is 4.98 Å². The van der Waals surface area contributed by atoms with Crippen molar-refractivity contribution in [1.82, 2.24) is 4.98 Å². The summed E-state index contributed by atoms with van der Waals surface area (Å²) in [6.45, 7) is 8.65. The van der Waals surface area contributed by atoms with Crippen LogP contribution < -0.4 is 0 Å². The van der Waals surface area contributed by atoms with E-state index >= 15 is 0 Å². The molecule has 1 aliphatic heterocycles. The van der Waals surface area contributed by atoms with Gasteiger partial charge in [0.05, 0.1) is 16.3 Å². The summed E-state index contributed by atoms with van der Waals surface area (Å²) in [5, 5.41) is 14.1. The molecular formula is C13H21NOS2. The number of thiazole rings is 1. The summed E-state index contributed by atoms with van der Waals surface area (Å²) >= 11 is 3.55. The van der Waals surface area contributed by atoms with E-state index in [1.54, 1.807) is 11.3 Å². The first-order valence-electron chi connectivity index (χ1n) is 6.10. The van der Waals surface area contributed by atoms with E-state index in [2.05, 4.69) is 38.1 Å². The van der Waals surface area contributed by atoms with Gasteiger partial charge in [0.25, 0.3) is 0 Å². The van der Waals surface area contributed by atoms with E-state index in [0.717, 1.165) is 22.9 Å². The van der Waals surface area contributed by atoms with Crippen LogP contribution in [0.5, 0.6) is 0 Å². The zero-order valence-corrected chi connectivity index (χ0v) is 12.6. The number of thioether (sulfide) groups is 1. The van der Waals surface area contributed by atoms with Crippen molar-refractivity contribution in [1.29, 1.82) is 0 Å². The van der Waals surface area contributed by atoms with E-state index in [0.29, 0.717) is 11.7 Å². The Kier molecular flexibility index (Phi) is 3.59.